The zero-order valence-electron chi connectivity index (χ0n) is 13.7. The number of unbranched alkanes of at least 4 members (excludes halogenated alkanes) is 5. The zero-order chi connectivity index (χ0) is 15.5. The van der Waals surface area contributed by atoms with Crippen molar-refractivity contribution in [3.63, 3.8) is 0 Å². The molecule has 120 valence electrons. The van der Waals surface area contributed by atoms with Crippen LogP contribution in [-0.2, 0) is 6.42 Å². The molecule has 21 heavy (non-hydrogen) atoms. The third kappa shape index (κ3) is 6.85. The summed E-state index contributed by atoms with van der Waals surface area (Å²) < 4.78 is 10.5. The monoisotopic (exact) mass is 294 g/mol. The molecule has 0 fully saturated rings. The standard InChI is InChI=1S/C18H30O3/c1-4-5-6-7-8-9-10-16(19)13-15-11-12-17(20-2)18(14-15)21-3/h11-12,14,16,19H,4-10,13H2,1-3H3. The molecule has 0 heterocycles. The summed E-state index contributed by atoms with van der Waals surface area (Å²) in [6, 6.07) is 5.83. The maximum absolute atomic E-state index is 10.1. The van der Waals surface area contributed by atoms with E-state index in [0.29, 0.717) is 6.42 Å². The van der Waals surface area contributed by atoms with Crippen molar-refractivity contribution in [2.75, 3.05) is 14.2 Å². The van der Waals surface area contributed by atoms with Gasteiger partial charge in [0.05, 0.1) is 20.3 Å². The van der Waals surface area contributed by atoms with Crippen molar-refractivity contribution in [2.24, 2.45) is 0 Å². The van der Waals surface area contributed by atoms with Gasteiger partial charge in [-0.25, -0.2) is 0 Å². The largest absolute Gasteiger partial charge is 0.493 e. The second kappa shape index (κ2) is 10.5. The summed E-state index contributed by atoms with van der Waals surface area (Å²) in [6.45, 7) is 2.23. The Morgan fingerprint density at radius 2 is 1.62 bits per heavy atom. The molecule has 1 aromatic carbocycles. The van der Waals surface area contributed by atoms with E-state index in [2.05, 4.69) is 6.92 Å². The first kappa shape index (κ1) is 17.8. The van der Waals surface area contributed by atoms with Crippen LogP contribution in [0.2, 0.25) is 0 Å². The number of aliphatic hydroxyl groups is 1. The van der Waals surface area contributed by atoms with E-state index < -0.39 is 0 Å². The maximum Gasteiger partial charge on any atom is 0.160 e. The molecule has 1 atom stereocenters. The molecule has 3 nitrogen and oxygen atoms in total. The molecular formula is C18H30O3. The zero-order valence-corrected chi connectivity index (χ0v) is 13.7. The van der Waals surface area contributed by atoms with Crippen LogP contribution in [-0.4, -0.2) is 25.4 Å². The number of hydrogen-bond donors (Lipinski definition) is 1. The number of methoxy groups -OCH3 is 2. The summed E-state index contributed by atoms with van der Waals surface area (Å²) in [4.78, 5) is 0. The van der Waals surface area contributed by atoms with Crippen LogP contribution in [0.5, 0.6) is 11.5 Å². The molecule has 0 amide bonds. The molecule has 0 aliphatic rings. The van der Waals surface area contributed by atoms with Crippen LogP contribution in [0.25, 0.3) is 0 Å². The van der Waals surface area contributed by atoms with Gasteiger partial charge in [0.2, 0.25) is 0 Å². The van der Waals surface area contributed by atoms with E-state index in [1.807, 2.05) is 18.2 Å². The highest BCUT2D eigenvalue weighted by molar-refractivity contribution is 5.43. The lowest BCUT2D eigenvalue weighted by atomic mass is 10.0. The van der Waals surface area contributed by atoms with Crippen molar-refractivity contribution in [1.82, 2.24) is 0 Å². The highest BCUT2D eigenvalue weighted by Crippen LogP contribution is 2.28. The number of benzene rings is 1. The van der Waals surface area contributed by atoms with Gasteiger partial charge >= 0.3 is 0 Å². The minimum absolute atomic E-state index is 0.269. The summed E-state index contributed by atoms with van der Waals surface area (Å²) in [7, 11) is 3.26. The van der Waals surface area contributed by atoms with Crippen LogP contribution >= 0.6 is 0 Å². The molecule has 0 spiro atoms. The van der Waals surface area contributed by atoms with E-state index in [9.17, 15) is 5.11 Å². The van der Waals surface area contributed by atoms with E-state index in [-0.39, 0.29) is 6.10 Å². The smallest absolute Gasteiger partial charge is 0.160 e. The summed E-state index contributed by atoms with van der Waals surface area (Å²) in [6.07, 6.45) is 8.83. The molecule has 0 saturated carbocycles. The van der Waals surface area contributed by atoms with Crippen molar-refractivity contribution in [1.29, 1.82) is 0 Å². The summed E-state index contributed by atoms with van der Waals surface area (Å²) in [5.41, 5.74) is 1.09. The second-order valence-corrected chi connectivity index (χ2v) is 5.60. The van der Waals surface area contributed by atoms with Gasteiger partial charge in [0, 0.05) is 0 Å². The third-order valence-corrected chi connectivity index (χ3v) is 3.81. The van der Waals surface area contributed by atoms with E-state index in [0.717, 1.165) is 29.9 Å². The fourth-order valence-electron chi connectivity index (χ4n) is 2.54. The molecule has 1 rings (SSSR count). The van der Waals surface area contributed by atoms with Crippen molar-refractivity contribution in [3.05, 3.63) is 23.8 Å². The number of rotatable bonds is 11. The lowest BCUT2D eigenvalue weighted by Crippen LogP contribution is -2.10. The summed E-state index contributed by atoms with van der Waals surface area (Å²) >= 11 is 0. The van der Waals surface area contributed by atoms with Crippen LogP contribution in [0.3, 0.4) is 0 Å². The van der Waals surface area contributed by atoms with Gasteiger partial charge in [0.25, 0.3) is 0 Å². The Bertz CT molecular complexity index is 390. The molecule has 0 radical (unpaired) electrons. The lowest BCUT2D eigenvalue weighted by Gasteiger charge is -2.13. The van der Waals surface area contributed by atoms with Crippen molar-refractivity contribution < 1.29 is 14.6 Å². The van der Waals surface area contributed by atoms with Gasteiger partial charge < -0.3 is 14.6 Å². The number of aliphatic hydroxyl groups excluding tert-OH is 1. The van der Waals surface area contributed by atoms with Crippen molar-refractivity contribution in [2.45, 2.75) is 64.4 Å². The highest BCUT2D eigenvalue weighted by atomic mass is 16.5. The van der Waals surface area contributed by atoms with Gasteiger partial charge in [-0.1, -0.05) is 51.5 Å². The first-order valence-corrected chi connectivity index (χ1v) is 8.10. The van der Waals surface area contributed by atoms with Crippen LogP contribution < -0.4 is 9.47 Å². The molecule has 3 heteroatoms. The minimum atomic E-state index is -0.269. The molecule has 1 aromatic rings. The van der Waals surface area contributed by atoms with Gasteiger partial charge in [-0.3, -0.25) is 0 Å². The average molecular weight is 294 g/mol. The van der Waals surface area contributed by atoms with Crippen LogP contribution in [0.1, 0.15) is 57.4 Å². The summed E-state index contributed by atoms with van der Waals surface area (Å²) in [5, 5.41) is 10.1. The molecule has 0 aliphatic heterocycles. The second-order valence-electron chi connectivity index (χ2n) is 5.60. The predicted octanol–water partition coefficient (Wildman–Crippen LogP) is 4.36. The van der Waals surface area contributed by atoms with Crippen molar-refractivity contribution >= 4 is 0 Å². The Morgan fingerprint density at radius 3 is 2.29 bits per heavy atom. The normalized spacial score (nSPS) is 12.2. The molecule has 1 N–H and O–H groups in total. The first-order valence-electron chi connectivity index (χ1n) is 8.10. The molecule has 1 unspecified atom stereocenters. The van der Waals surface area contributed by atoms with E-state index in [4.69, 9.17) is 9.47 Å². The maximum atomic E-state index is 10.1. The molecule has 0 saturated heterocycles. The predicted molar refractivity (Wildman–Crippen MR) is 87.2 cm³/mol. The van der Waals surface area contributed by atoms with Gasteiger partial charge in [-0.2, -0.15) is 0 Å². The SMILES string of the molecule is CCCCCCCCC(O)Cc1ccc(OC)c(OC)c1. The Hall–Kier alpha value is -1.22. The third-order valence-electron chi connectivity index (χ3n) is 3.81. The van der Waals surface area contributed by atoms with Gasteiger partial charge in [0.1, 0.15) is 0 Å². The van der Waals surface area contributed by atoms with Crippen LogP contribution in [0.4, 0.5) is 0 Å². The average Bonchev–Trinajstić information content (AvgIpc) is 2.50. The fraction of sp³-hybridized carbons (Fsp3) is 0.667. The Labute approximate surface area is 129 Å². The molecular weight excluding hydrogens is 264 g/mol. The fourth-order valence-corrected chi connectivity index (χ4v) is 2.54. The number of ether oxygens (including phenoxy) is 2. The lowest BCUT2D eigenvalue weighted by molar-refractivity contribution is 0.160. The Kier molecular flexibility index (Phi) is 8.91. The van der Waals surface area contributed by atoms with Crippen molar-refractivity contribution in [3.8, 4) is 11.5 Å². The van der Waals surface area contributed by atoms with E-state index >= 15 is 0 Å². The van der Waals surface area contributed by atoms with Gasteiger partial charge in [-0.05, 0) is 30.5 Å². The molecule has 0 bridgehead atoms. The van der Waals surface area contributed by atoms with Crippen LogP contribution in [0.15, 0.2) is 18.2 Å². The highest BCUT2D eigenvalue weighted by Gasteiger charge is 2.09. The Balaban J connectivity index is 2.32. The van der Waals surface area contributed by atoms with Gasteiger partial charge in [-0.15, -0.1) is 0 Å². The Morgan fingerprint density at radius 1 is 0.952 bits per heavy atom. The quantitative estimate of drug-likeness (QED) is 0.616. The number of hydrogen-bond acceptors (Lipinski definition) is 3. The van der Waals surface area contributed by atoms with E-state index in [1.54, 1.807) is 14.2 Å². The van der Waals surface area contributed by atoms with E-state index in [1.165, 1.54) is 32.1 Å². The minimum Gasteiger partial charge on any atom is -0.493 e. The summed E-state index contributed by atoms with van der Waals surface area (Å²) in [5.74, 6) is 1.45. The topological polar surface area (TPSA) is 38.7 Å². The first-order chi connectivity index (χ1) is 10.2. The molecule has 0 aromatic heterocycles. The molecule has 0 aliphatic carbocycles. The van der Waals surface area contributed by atoms with Crippen LogP contribution in [0, 0.1) is 0 Å². The van der Waals surface area contributed by atoms with Gasteiger partial charge in [0.15, 0.2) is 11.5 Å².